The number of hydrogen-bond acceptors (Lipinski definition) is 9. The first-order valence-electron chi connectivity index (χ1n) is 9.29. The van der Waals surface area contributed by atoms with Crippen LogP contribution in [0.2, 0.25) is 0 Å². The van der Waals surface area contributed by atoms with Crippen molar-refractivity contribution in [2.75, 3.05) is 17.6 Å². The fourth-order valence-electron chi connectivity index (χ4n) is 3.08. The van der Waals surface area contributed by atoms with Gasteiger partial charge in [-0.25, -0.2) is 0 Å². The van der Waals surface area contributed by atoms with E-state index >= 15 is 0 Å². The van der Waals surface area contributed by atoms with Crippen molar-refractivity contribution in [2.45, 2.75) is 6.42 Å². The lowest BCUT2D eigenvalue weighted by molar-refractivity contribution is 0.577. The summed E-state index contributed by atoms with van der Waals surface area (Å²) in [7, 11) is 1.92. The maximum atomic E-state index is 6.01. The summed E-state index contributed by atoms with van der Waals surface area (Å²) in [6.45, 7) is 0.637. The minimum atomic E-state index is 0.195. The fourth-order valence-corrected chi connectivity index (χ4v) is 3.08. The average Bonchev–Trinajstić information content (AvgIpc) is 3.49. The largest absolute Gasteiger partial charge is 0.461 e. The molecule has 0 saturated heterocycles. The molecule has 3 N–H and O–H groups in total. The Kier molecular flexibility index (Phi) is 4.32. The van der Waals surface area contributed by atoms with Crippen LogP contribution in [0.1, 0.15) is 5.56 Å². The lowest BCUT2D eigenvalue weighted by atomic mass is 10.1. The van der Waals surface area contributed by atoms with E-state index in [0.717, 1.165) is 17.8 Å². The molecule has 0 radical (unpaired) electrons. The molecule has 4 heterocycles. The van der Waals surface area contributed by atoms with Gasteiger partial charge in [0.2, 0.25) is 17.7 Å². The summed E-state index contributed by atoms with van der Waals surface area (Å²) in [5.74, 6) is 2.72. The number of nitrogens with zero attached hydrogens (tertiary/aromatic N) is 8. The molecule has 0 fully saturated rings. The Balaban J connectivity index is 1.26. The van der Waals surface area contributed by atoms with Gasteiger partial charge in [-0.3, -0.25) is 0 Å². The second kappa shape index (κ2) is 7.28. The normalized spacial score (nSPS) is 11.2. The Bertz CT molecular complexity index is 1290. The van der Waals surface area contributed by atoms with Crippen LogP contribution in [0.15, 0.2) is 53.4 Å². The van der Waals surface area contributed by atoms with Crippen LogP contribution in [0.3, 0.4) is 0 Å². The van der Waals surface area contributed by atoms with Crippen LogP contribution in [0.4, 0.5) is 11.9 Å². The predicted molar refractivity (Wildman–Crippen MR) is 109 cm³/mol. The molecule has 0 unspecified atom stereocenters. The molecule has 5 rings (SSSR count). The second-order valence-electron chi connectivity index (χ2n) is 6.67. The molecule has 0 saturated carbocycles. The van der Waals surface area contributed by atoms with E-state index in [1.807, 2.05) is 23.7 Å². The highest BCUT2D eigenvalue weighted by Gasteiger charge is 2.13. The minimum Gasteiger partial charge on any atom is -0.461 e. The van der Waals surface area contributed by atoms with Crippen LogP contribution in [0.5, 0.6) is 0 Å². The van der Waals surface area contributed by atoms with Crippen LogP contribution in [-0.4, -0.2) is 45.9 Å². The van der Waals surface area contributed by atoms with Gasteiger partial charge in [-0.15, -0.1) is 15.3 Å². The highest BCUT2D eigenvalue weighted by atomic mass is 16.3. The Labute approximate surface area is 170 Å². The molecular formula is C19H18N10O. The molecule has 150 valence electrons. The monoisotopic (exact) mass is 402 g/mol. The summed E-state index contributed by atoms with van der Waals surface area (Å²) in [6.07, 6.45) is 4.03. The van der Waals surface area contributed by atoms with Gasteiger partial charge in [0, 0.05) is 19.2 Å². The first-order chi connectivity index (χ1) is 14.7. The Morgan fingerprint density at radius 2 is 1.97 bits per heavy atom. The van der Waals surface area contributed by atoms with Gasteiger partial charge < -0.3 is 20.0 Å². The summed E-state index contributed by atoms with van der Waals surface area (Å²) >= 11 is 0. The minimum absolute atomic E-state index is 0.195. The van der Waals surface area contributed by atoms with Crippen molar-refractivity contribution in [3.63, 3.8) is 0 Å². The third kappa shape index (κ3) is 3.32. The Morgan fingerprint density at radius 1 is 1.10 bits per heavy atom. The number of aryl methyl sites for hydroxylation is 1. The van der Waals surface area contributed by atoms with Gasteiger partial charge in [-0.05, 0) is 24.1 Å². The van der Waals surface area contributed by atoms with Crippen LogP contribution < -0.4 is 11.1 Å². The fraction of sp³-hybridized carbons (Fsp3) is 0.158. The molecule has 5 aromatic rings. The molecule has 0 aliphatic heterocycles. The molecule has 0 amide bonds. The number of rotatable bonds is 6. The molecular weight excluding hydrogens is 384 g/mol. The van der Waals surface area contributed by atoms with Crippen molar-refractivity contribution in [2.24, 2.45) is 7.05 Å². The molecule has 11 heteroatoms. The van der Waals surface area contributed by atoms with E-state index in [1.54, 1.807) is 24.7 Å². The van der Waals surface area contributed by atoms with Gasteiger partial charge in [0.1, 0.15) is 6.33 Å². The average molecular weight is 402 g/mol. The van der Waals surface area contributed by atoms with Crippen LogP contribution in [0, 0.1) is 0 Å². The number of hydrogen-bond donors (Lipinski definition) is 2. The second-order valence-corrected chi connectivity index (χ2v) is 6.67. The van der Waals surface area contributed by atoms with Gasteiger partial charge in [-0.1, -0.05) is 24.3 Å². The maximum Gasteiger partial charge on any atom is 0.259 e. The number of fused-ring (bicyclic) bond motifs is 1. The third-order valence-corrected chi connectivity index (χ3v) is 4.60. The van der Waals surface area contributed by atoms with E-state index in [2.05, 4.69) is 47.7 Å². The van der Waals surface area contributed by atoms with Crippen molar-refractivity contribution < 1.29 is 4.42 Å². The summed E-state index contributed by atoms with van der Waals surface area (Å²) in [5, 5.41) is 15.5. The van der Waals surface area contributed by atoms with E-state index in [-0.39, 0.29) is 5.95 Å². The first kappa shape index (κ1) is 17.8. The summed E-state index contributed by atoms with van der Waals surface area (Å²) in [6, 6.07) is 11.7. The van der Waals surface area contributed by atoms with Crippen molar-refractivity contribution in [1.29, 1.82) is 0 Å². The zero-order valence-electron chi connectivity index (χ0n) is 16.1. The van der Waals surface area contributed by atoms with Gasteiger partial charge in [0.05, 0.1) is 6.26 Å². The van der Waals surface area contributed by atoms with E-state index in [0.29, 0.717) is 29.9 Å². The number of aromatic nitrogens is 8. The highest BCUT2D eigenvalue weighted by Crippen LogP contribution is 2.18. The molecule has 0 aliphatic carbocycles. The van der Waals surface area contributed by atoms with Crippen molar-refractivity contribution in [1.82, 2.24) is 39.3 Å². The van der Waals surface area contributed by atoms with Gasteiger partial charge in [0.25, 0.3) is 5.78 Å². The molecule has 4 aromatic heterocycles. The summed E-state index contributed by atoms with van der Waals surface area (Å²) < 4.78 is 8.59. The Hall–Kier alpha value is -4.28. The van der Waals surface area contributed by atoms with E-state index < -0.39 is 0 Å². The maximum absolute atomic E-state index is 6.01. The van der Waals surface area contributed by atoms with Crippen molar-refractivity contribution in [3.8, 4) is 23.0 Å². The van der Waals surface area contributed by atoms with E-state index in [1.165, 1.54) is 10.1 Å². The van der Waals surface area contributed by atoms with E-state index in [4.69, 9.17) is 10.2 Å². The van der Waals surface area contributed by atoms with Gasteiger partial charge >= 0.3 is 0 Å². The molecule has 11 nitrogen and oxygen atoms in total. The van der Waals surface area contributed by atoms with Gasteiger partial charge in [0.15, 0.2) is 11.6 Å². The standard InChI is InChI=1S/C19H18N10O/c1-28-11-22-26-16(28)13-6-4-12(5-7-13)8-9-21-18-24-17(20)29-19(25-18)23-15(27-29)14-3-2-10-30-14/h2-7,10-11H,8-9H2,1H3,(H3,20,21,23,24,25,27). The molecule has 0 aliphatic rings. The van der Waals surface area contributed by atoms with Crippen molar-refractivity contribution >= 4 is 17.7 Å². The lowest BCUT2D eigenvalue weighted by Crippen LogP contribution is -2.12. The third-order valence-electron chi connectivity index (χ3n) is 4.60. The predicted octanol–water partition coefficient (Wildman–Crippen LogP) is 1.81. The van der Waals surface area contributed by atoms with Crippen LogP contribution in [0.25, 0.3) is 28.8 Å². The van der Waals surface area contributed by atoms with Gasteiger partial charge in [-0.2, -0.15) is 19.5 Å². The number of benzene rings is 1. The zero-order valence-corrected chi connectivity index (χ0v) is 16.1. The SMILES string of the molecule is Cn1cnnc1-c1ccc(CCNc2nc(N)n3nc(-c4ccco4)nc3n2)cc1. The van der Waals surface area contributed by atoms with Crippen LogP contribution >= 0.6 is 0 Å². The zero-order chi connectivity index (χ0) is 20.5. The number of nitrogens with two attached hydrogens (primary N) is 1. The quantitative estimate of drug-likeness (QED) is 0.435. The van der Waals surface area contributed by atoms with E-state index in [9.17, 15) is 0 Å². The molecule has 0 spiro atoms. The number of furan rings is 1. The van der Waals surface area contributed by atoms with Crippen LogP contribution in [-0.2, 0) is 13.5 Å². The first-order valence-corrected chi connectivity index (χ1v) is 9.29. The number of nitrogens with one attached hydrogen (secondary N) is 1. The molecule has 1 aromatic carbocycles. The molecule has 30 heavy (non-hydrogen) atoms. The molecule has 0 bridgehead atoms. The topological polar surface area (TPSA) is 138 Å². The smallest absolute Gasteiger partial charge is 0.259 e. The van der Waals surface area contributed by atoms with Crippen molar-refractivity contribution in [3.05, 3.63) is 54.6 Å². The lowest BCUT2D eigenvalue weighted by Gasteiger charge is -2.07. The Morgan fingerprint density at radius 3 is 2.70 bits per heavy atom. The number of anilines is 2. The summed E-state index contributed by atoms with van der Waals surface area (Å²) in [5.41, 5.74) is 8.20. The number of nitrogen functional groups attached to an aromatic ring is 1. The highest BCUT2D eigenvalue weighted by molar-refractivity contribution is 5.55. The molecule has 0 atom stereocenters. The summed E-state index contributed by atoms with van der Waals surface area (Å²) in [4.78, 5) is 13.0.